The summed E-state index contributed by atoms with van der Waals surface area (Å²) in [5, 5.41) is 20.0. The lowest BCUT2D eigenvalue weighted by Gasteiger charge is -2.35. The lowest BCUT2D eigenvalue weighted by Crippen LogP contribution is -2.47. The van der Waals surface area contributed by atoms with Crippen LogP contribution in [0.15, 0.2) is 30.6 Å². The molecule has 2 N–H and O–H groups in total. The van der Waals surface area contributed by atoms with Crippen LogP contribution in [0.1, 0.15) is 43.6 Å². The van der Waals surface area contributed by atoms with Crippen LogP contribution in [0.25, 0.3) is 11.4 Å². The predicted octanol–water partition coefficient (Wildman–Crippen LogP) is 2.61. The van der Waals surface area contributed by atoms with Crippen LogP contribution in [-0.4, -0.2) is 63.1 Å². The van der Waals surface area contributed by atoms with E-state index in [4.69, 9.17) is 4.74 Å². The zero-order valence-electron chi connectivity index (χ0n) is 18.5. The van der Waals surface area contributed by atoms with Gasteiger partial charge in [0.2, 0.25) is 0 Å². The van der Waals surface area contributed by atoms with Gasteiger partial charge in [0.05, 0.1) is 25.4 Å². The van der Waals surface area contributed by atoms with Crippen LogP contribution in [0.3, 0.4) is 0 Å². The fourth-order valence-corrected chi connectivity index (χ4v) is 4.33. The van der Waals surface area contributed by atoms with Crippen molar-refractivity contribution in [1.29, 1.82) is 0 Å². The van der Waals surface area contributed by atoms with Gasteiger partial charge in [0, 0.05) is 30.9 Å². The smallest absolute Gasteiger partial charge is 0.182 e. The number of hydrogen-bond acceptors (Lipinski definition) is 8. The van der Waals surface area contributed by atoms with Gasteiger partial charge in [0.25, 0.3) is 0 Å². The number of methoxy groups -OCH3 is 1. The molecule has 9 heteroatoms. The van der Waals surface area contributed by atoms with E-state index in [2.05, 4.69) is 46.6 Å². The largest absolute Gasteiger partial charge is 0.495 e. The molecular weight excluding hydrogens is 404 g/mol. The number of rotatable bonds is 8. The average molecular weight is 435 g/mol. The summed E-state index contributed by atoms with van der Waals surface area (Å²) in [6.45, 7) is 3.20. The van der Waals surface area contributed by atoms with E-state index in [0.717, 1.165) is 48.5 Å². The molecule has 0 amide bonds. The molecule has 5 rings (SSSR count). The van der Waals surface area contributed by atoms with Crippen LogP contribution in [0.5, 0.6) is 5.75 Å². The molecule has 2 aliphatic rings. The number of piperidine rings is 1. The van der Waals surface area contributed by atoms with Crippen molar-refractivity contribution in [1.82, 2.24) is 35.7 Å². The number of anilines is 1. The molecular formula is C23H30N8O. The number of H-pyrrole nitrogens is 1. The molecule has 9 nitrogen and oxygen atoms in total. The van der Waals surface area contributed by atoms with Crippen LogP contribution >= 0.6 is 0 Å². The molecule has 0 spiro atoms. The Morgan fingerprint density at radius 1 is 1.16 bits per heavy atom. The first-order chi connectivity index (χ1) is 15.8. The minimum Gasteiger partial charge on any atom is -0.495 e. The van der Waals surface area contributed by atoms with Crippen LogP contribution < -0.4 is 15.0 Å². The van der Waals surface area contributed by atoms with Crippen molar-refractivity contribution >= 4 is 5.82 Å². The first kappa shape index (κ1) is 20.8. The monoisotopic (exact) mass is 434 g/mol. The minimum absolute atomic E-state index is 0.545. The molecule has 32 heavy (non-hydrogen) atoms. The number of nitrogens with one attached hydrogen (secondary N) is 2. The third-order valence-electron chi connectivity index (χ3n) is 6.46. The topological polar surface area (TPSA) is 105 Å². The standard InChI is InChI=1S/C23H30N8O/c1-32-20-10-17(13-24-14-20)23-26-21(28-30-23)11-18-7-8-22(29-27-18)31-9-3-6-19(15-31)25-12-16-4-2-5-16/h7-8,10,13-14,16,19,25H,2-6,9,11-12,15H2,1H3,(H,26,28,30). The first-order valence-electron chi connectivity index (χ1n) is 11.5. The maximum absolute atomic E-state index is 5.22. The summed E-state index contributed by atoms with van der Waals surface area (Å²) < 4.78 is 5.22. The molecule has 1 saturated heterocycles. The second-order valence-electron chi connectivity index (χ2n) is 8.77. The number of nitrogens with zero attached hydrogens (tertiary/aromatic N) is 6. The maximum atomic E-state index is 5.22. The summed E-state index contributed by atoms with van der Waals surface area (Å²) in [6.07, 6.45) is 10.5. The lowest BCUT2D eigenvalue weighted by molar-refractivity contribution is 0.280. The molecule has 4 heterocycles. The number of aromatic amines is 1. The van der Waals surface area contributed by atoms with Crippen molar-refractivity contribution in [3.8, 4) is 17.1 Å². The van der Waals surface area contributed by atoms with E-state index in [-0.39, 0.29) is 0 Å². The molecule has 3 aromatic heterocycles. The van der Waals surface area contributed by atoms with E-state index < -0.39 is 0 Å². The van der Waals surface area contributed by atoms with Crippen molar-refractivity contribution in [2.75, 3.05) is 31.6 Å². The molecule has 0 aromatic carbocycles. The predicted molar refractivity (Wildman–Crippen MR) is 122 cm³/mol. The Balaban J connectivity index is 1.18. The normalized spacial score (nSPS) is 19.0. The molecule has 1 unspecified atom stereocenters. The third-order valence-corrected chi connectivity index (χ3v) is 6.46. The highest BCUT2D eigenvalue weighted by Crippen LogP contribution is 2.26. The van der Waals surface area contributed by atoms with Crippen LogP contribution in [0.2, 0.25) is 0 Å². The quantitative estimate of drug-likeness (QED) is 0.557. The van der Waals surface area contributed by atoms with E-state index in [1.165, 1.54) is 32.1 Å². The number of aromatic nitrogens is 6. The Bertz CT molecular complexity index is 1020. The molecule has 1 atom stereocenters. The SMILES string of the molecule is COc1cncc(-c2n[nH]c(Cc3ccc(N4CCCC(NCC5CCC5)C4)nn3)n2)c1. The Labute approximate surface area is 188 Å². The van der Waals surface area contributed by atoms with Gasteiger partial charge in [-0.05, 0) is 56.3 Å². The second-order valence-corrected chi connectivity index (χ2v) is 8.77. The summed E-state index contributed by atoms with van der Waals surface area (Å²) in [5.41, 5.74) is 1.66. The van der Waals surface area contributed by atoms with E-state index in [1.807, 2.05) is 12.1 Å². The number of pyridine rings is 1. The van der Waals surface area contributed by atoms with Crippen molar-refractivity contribution in [2.45, 2.75) is 44.6 Å². The van der Waals surface area contributed by atoms with E-state index >= 15 is 0 Å². The van der Waals surface area contributed by atoms with Gasteiger partial charge in [-0.25, -0.2) is 4.98 Å². The van der Waals surface area contributed by atoms with E-state index in [0.29, 0.717) is 24.0 Å². The molecule has 1 aliphatic carbocycles. The summed E-state index contributed by atoms with van der Waals surface area (Å²) in [4.78, 5) is 11.1. The first-order valence-corrected chi connectivity index (χ1v) is 11.5. The third kappa shape index (κ3) is 4.88. The molecule has 0 bridgehead atoms. The summed E-state index contributed by atoms with van der Waals surface area (Å²) in [6, 6.07) is 6.51. The average Bonchev–Trinajstić information content (AvgIpc) is 3.27. The van der Waals surface area contributed by atoms with Crippen LogP contribution in [0.4, 0.5) is 5.82 Å². The second kappa shape index (κ2) is 9.60. The summed E-state index contributed by atoms with van der Waals surface area (Å²) in [7, 11) is 1.61. The highest BCUT2D eigenvalue weighted by molar-refractivity contribution is 5.55. The highest BCUT2D eigenvalue weighted by atomic mass is 16.5. The molecule has 2 fully saturated rings. The molecule has 168 valence electrons. The fraction of sp³-hybridized carbons (Fsp3) is 0.522. The minimum atomic E-state index is 0.545. The summed E-state index contributed by atoms with van der Waals surface area (Å²) in [5.74, 6) is 3.84. The van der Waals surface area contributed by atoms with Gasteiger partial charge < -0.3 is 15.0 Å². The fourth-order valence-electron chi connectivity index (χ4n) is 4.33. The number of ether oxygens (including phenoxy) is 1. The van der Waals surface area contributed by atoms with Crippen molar-refractivity contribution < 1.29 is 4.74 Å². The van der Waals surface area contributed by atoms with Gasteiger partial charge in [-0.1, -0.05) is 6.42 Å². The highest BCUT2D eigenvalue weighted by Gasteiger charge is 2.23. The van der Waals surface area contributed by atoms with Crippen LogP contribution in [0, 0.1) is 5.92 Å². The summed E-state index contributed by atoms with van der Waals surface area (Å²) >= 11 is 0. The van der Waals surface area contributed by atoms with Gasteiger partial charge in [0.15, 0.2) is 11.6 Å². The number of hydrogen-bond donors (Lipinski definition) is 2. The van der Waals surface area contributed by atoms with Crippen molar-refractivity contribution in [2.24, 2.45) is 5.92 Å². The Hall–Kier alpha value is -3.07. The zero-order chi connectivity index (χ0) is 21.8. The van der Waals surface area contributed by atoms with Gasteiger partial charge in [-0.3, -0.25) is 10.1 Å². The van der Waals surface area contributed by atoms with Gasteiger partial charge >= 0.3 is 0 Å². The lowest BCUT2D eigenvalue weighted by atomic mass is 9.85. The molecule has 1 aliphatic heterocycles. The maximum Gasteiger partial charge on any atom is 0.182 e. The Morgan fingerprint density at radius 2 is 2.09 bits per heavy atom. The molecule has 0 radical (unpaired) electrons. The molecule has 3 aromatic rings. The van der Waals surface area contributed by atoms with Crippen molar-refractivity contribution in [3.05, 3.63) is 42.1 Å². The van der Waals surface area contributed by atoms with Gasteiger partial charge in [0.1, 0.15) is 11.6 Å². The van der Waals surface area contributed by atoms with E-state index in [9.17, 15) is 0 Å². The van der Waals surface area contributed by atoms with Crippen molar-refractivity contribution in [3.63, 3.8) is 0 Å². The molecule has 1 saturated carbocycles. The van der Waals surface area contributed by atoms with Crippen LogP contribution in [-0.2, 0) is 6.42 Å². The zero-order valence-corrected chi connectivity index (χ0v) is 18.5. The van der Waals surface area contributed by atoms with E-state index in [1.54, 1.807) is 19.5 Å². The Kier molecular flexibility index (Phi) is 6.24. The Morgan fingerprint density at radius 3 is 2.88 bits per heavy atom. The van der Waals surface area contributed by atoms with Gasteiger partial charge in [-0.2, -0.15) is 10.2 Å². The van der Waals surface area contributed by atoms with Gasteiger partial charge in [-0.15, -0.1) is 5.10 Å².